The highest BCUT2D eigenvalue weighted by Gasteiger charge is 2.47. The van der Waals surface area contributed by atoms with Crippen LogP contribution in [0.3, 0.4) is 0 Å². The molecule has 0 N–H and O–H groups in total. The van der Waals surface area contributed by atoms with Crippen molar-refractivity contribution in [2.24, 2.45) is 0 Å². The Hall–Kier alpha value is -6.58. The molecule has 0 fully saturated rings. The summed E-state index contributed by atoms with van der Waals surface area (Å²) in [6.07, 6.45) is 2.31. The zero-order valence-corrected chi connectivity index (χ0v) is 43.6. The Balaban J connectivity index is 1.23. The first-order valence-electron chi connectivity index (χ1n) is 25.8. The van der Waals surface area contributed by atoms with Crippen molar-refractivity contribution in [1.29, 1.82) is 0 Å². The van der Waals surface area contributed by atoms with Gasteiger partial charge in [-0.3, -0.25) is 0 Å². The maximum absolute atomic E-state index is 2.68. The third-order valence-electron chi connectivity index (χ3n) is 16.9. The summed E-state index contributed by atoms with van der Waals surface area (Å²) in [5.41, 5.74) is 24.4. The largest absolute Gasteiger partial charge is 0.311 e. The van der Waals surface area contributed by atoms with Gasteiger partial charge in [0.1, 0.15) is 0 Å². The molecule has 2 heterocycles. The lowest BCUT2D eigenvalue weighted by molar-refractivity contribution is 0.332. The SMILES string of the molecule is Cc1cc2c3c(c1)N(c1ccc(C(C)(C)C)cc1-c1ccccc1)c1cc4c(cc1B3c1cc(C(C)(C)c3ccccc3)ccc1N2c1ccc(C(C)(C)c2ccccc2)cc1)C(C)(C)CCC4(C)C. The summed E-state index contributed by atoms with van der Waals surface area (Å²) in [6.45, 7) is 28.7. The second-order valence-electron chi connectivity index (χ2n) is 24.2. The van der Waals surface area contributed by atoms with E-state index < -0.39 is 0 Å². The molecule has 350 valence electrons. The lowest BCUT2D eigenvalue weighted by atomic mass is 9.33. The molecule has 0 bridgehead atoms. The number of fused-ring (bicyclic) bond motifs is 5. The summed E-state index contributed by atoms with van der Waals surface area (Å²) in [5, 5.41) is 0. The van der Waals surface area contributed by atoms with Crippen molar-refractivity contribution < 1.29 is 0 Å². The van der Waals surface area contributed by atoms with Crippen LogP contribution in [0.4, 0.5) is 34.1 Å². The lowest BCUT2D eigenvalue weighted by Gasteiger charge is -2.48. The van der Waals surface area contributed by atoms with Crippen LogP contribution in [0.2, 0.25) is 0 Å². The van der Waals surface area contributed by atoms with E-state index >= 15 is 0 Å². The first-order valence-corrected chi connectivity index (χ1v) is 25.8. The number of hydrogen-bond donors (Lipinski definition) is 0. The van der Waals surface area contributed by atoms with E-state index in [0.717, 1.165) is 12.8 Å². The molecule has 0 saturated carbocycles. The molecule has 0 aromatic heterocycles. The molecule has 11 rings (SSSR count). The Morgan fingerprint density at radius 3 is 1.47 bits per heavy atom. The Morgan fingerprint density at radius 2 is 0.886 bits per heavy atom. The average Bonchev–Trinajstić information content (AvgIpc) is 3.35. The molecule has 2 nitrogen and oxygen atoms in total. The zero-order chi connectivity index (χ0) is 49.1. The zero-order valence-electron chi connectivity index (χ0n) is 43.6. The number of anilines is 6. The fourth-order valence-electron chi connectivity index (χ4n) is 12.2. The van der Waals surface area contributed by atoms with Gasteiger partial charge in [-0.15, -0.1) is 0 Å². The molecule has 0 unspecified atom stereocenters. The van der Waals surface area contributed by atoms with Crippen molar-refractivity contribution in [2.45, 2.75) is 123 Å². The lowest BCUT2D eigenvalue weighted by Crippen LogP contribution is -2.62. The number of aryl methyl sites for hydroxylation is 1. The number of benzene rings is 8. The summed E-state index contributed by atoms with van der Waals surface area (Å²) >= 11 is 0. The van der Waals surface area contributed by atoms with Crippen LogP contribution in [0.15, 0.2) is 176 Å². The Morgan fingerprint density at radius 1 is 0.414 bits per heavy atom. The van der Waals surface area contributed by atoms with Gasteiger partial charge in [0.05, 0.1) is 5.69 Å². The summed E-state index contributed by atoms with van der Waals surface area (Å²) in [5.74, 6) is 0. The molecule has 8 aromatic rings. The Kier molecular flexibility index (Phi) is 10.6. The average molecular weight is 913 g/mol. The molecule has 0 atom stereocenters. The van der Waals surface area contributed by atoms with Crippen LogP contribution in [0.25, 0.3) is 11.1 Å². The molecule has 3 heteroatoms. The molecule has 70 heavy (non-hydrogen) atoms. The van der Waals surface area contributed by atoms with Crippen LogP contribution in [-0.4, -0.2) is 6.71 Å². The van der Waals surface area contributed by atoms with Gasteiger partial charge in [0, 0.05) is 44.8 Å². The molecule has 0 radical (unpaired) electrons. The van der Waals surface area contributed by atoms with Crippen molar-refractivity contribution in [3.05, 3.63) is 220 Å². The van der Waals surface area contributed by atoms with Gasteiger partial charge in [-0.1, -0.05) is 204 Å². The van der Waals surface area contributed by atoms with Crippen molar-refractivity contribution >= 4 is 57.2 Å². The second-order valence-corrected chi connectivity index (χ2v) is 24.2. The predicted molar refractivity (Wildman–Crippen MR) is 302 cm³/mol. The molecule has 0 spiro atoms. The number of rotatable bonds is 7. The Labute approximate surface area is 419 Å². The predicted octanol–water partition coefficient (Wildman–Crippen LogP) is 16.0. The highest BCUT2D eigenvalue weighted by molar-refractivity contribution is 7.00. The quantitative estimate of drug-likeness (QED) is 0.147. The molecule has 0 saturated heterocycles. The van der Waals surface area contributed by atoms with E-state index in [1.165, 1.54) is 106 Å². The van der Waals surface area contributed by atoms with Gasteiger partial charge in [-0.25, -0.2) is 0 Å². The van der Waals surface area contributed by atoms with Crippen molar-refractivity contribution in [2.75, 3.05) is 9.80 Å². The van der Waals surface area contributed by atoms with Gasteiger partial charge < -0.3 is 9.80 Å². The van der Waals surface area contributed by atoms with Gasteiger partial charge in [0.25, 0.3) is 6.71 Å². The van der Waals surface area contributed by atoms with Crippen LogP contribution < -0.4 is 26.2 Å². The summed E-state index contributed by atoms with van der Waals surface area (Å²) < 4.78 is 0. The maximum Gasteiger partial charge on any atom is 0.252 e. The van der Waals surface area contributed by atoms with E-state index in [2.05, 4.69) is 269 Å². The molecule has 8 aromatic carbocycles. The third-order valence-corrected chi connectivity index (χ3v) is 16.9. The molecule has 0 amide bonds. The molecule has 3 aliphatic rings. The minimum Gasteiger partial charge on any atom is -0.311 e. The van der Waals surface area contributed by atoms with E-state index in [0.29, 0.717) is 0 Å². The smallest absolute Gasteiger partial charge is 0.252 e. The molecular weight excluding hydrogens is 844 g/mol. The summed E-state index contributed by atoms with van der Waals surface area (Å²) in [6, 6.07) is 67.6. The van der Waals surface area contributed by atoms with Gasteiger partial charge in [0.2, 0.25) is 0 Å². The monoisotopic (exact) mass is 913 g/mol. The van der Waals surface area contributed by atoms with Gasteiger partial charge >= 0.3 is 0 Å². The van der Waals surface area contributed by atoms with E-state index in [-0.39, 0.29) is 33.8 Å². The third kappa shape index (κ3) is 7.37. The van der Waals surface area contributed by atoms with Crippen LogP contribution in [0, 0.1) is 6.92 Å². The molecule has 1 aliphatic carbocycles. The van der Waals surface area contributed by atoms with Crippen LogP contribution in [0.1, 0.15) is 134 Å². The first kappa shape index (κ1) is 45.8. The van der Waals surface area contributed by atoms with Crippen LogP contribution in [0.5, 0.6) is 0 Å². The number of nitrogens with zero attached hydrogens (tertiary/aromatic N) is 2. The van der Waals surface area contributed by atoms with Crippen LogP contribution in [-0.2, 0) is 27.1 Å². The highest BCUT2D eigenvalue weighted by atomic mass is 15.2. The van der Waals surface area contributed by atoms with E-state index in [1.807, 2.05) is 0 Å². The van der Waals surface area contributed by atoms with Crippen molar-refractivity contribution in [3.63, 3.8) is 0 Å². The standard InChI is InChI=1S/C67H69BN2/c1-44-38-60-62-61(39-44)70(57-34-30-49(63(2,3)4)40-52(57)45-22-16-13-17-23-45)59-43-54-53(64(5,6)36-37-65(54,7)8)42-56(59)68(62)55-41-50(67(11,12)47-26-20-15-21-27-47)31-35-58(55)69(60)51-32-28-48(29-33-51)66(9,10)46-24-18-14-19-25-46/h13-35,38-43H,36-37H2,1-12H3. The van der Waals surface area contributed by atoms with Gasteiger partial charge in [-0.2, -0.15) is 0 Å². The minimum atomic E-state index is -0.229. The van der Waals surface area contributed by atoms with Crippen molar-refractivity contribution in [1.82, 2.24) is 0 Å². The van der Waals surface area contributed by atoms with Crippen LogP contribution >= 0.6 is 0 Å². The van der Waals surface area contributed by atoms with Crippen molar-refractivity contribution in [3.8, 4) is 11.1 Å². The topological polar surface area (TPSA) is 6.48 Å². The maximum atomic E-state index is 2.68. The fraction of sp³-hybridized carbons (Fsp3) is 0.284. The first-order chi connectivity index (χ1) is 33.3. The molecule has 2 aliphatic heterocycles. The van der Waals surface area contributed by atoms with E-state index in [4.69, 9.17) is 0 Å². The summed E-state index contributed by atoms with van der Waals surface area (Å²) in [4.78, 5) is 5.27. The summed E-state index contributed by atoms with van der Waals surface area (Å²) in [7, 11) is 0. The normalized spacial score (nSPS) is 15.7. The Bertz CT molecular complexity index is 3300. The van der Waals surface area contributed by atoms with Gasteiger partial charge in [0.15, 0.2) is 0 Å². The highest BCUT2D eigenvalue weighted by Crippen LogP contribution is 2.52. The van der Waals surface area contributed by atoms with E-state index in [9.17, 15) is 0 Å². The fourth-order valence-corrected chi connectivity index (χ4v) is 12.2. The minimum absolute atomic E-state index is 0.00827. The second kappa shape index (κ2) is 16.2. The van der Waals surface area contributed by atoms with E-state index in [1.54, 1.807) is 0 Å². The number of hydrogen-bond acceptors (Lipinski definition) is 2. The van der Waals surface area contributed by atoms with Gasteiger partial charge in [-0.05, 0) is 151 Å². The molecular formula is C67H69BN2.